The molecule has 0 aromatic heterocycles. The Morgan fingerprint density at radius 1 is 1.80 bits per heavy atom. The van der Waals surface area contributed by atoms with Crippen molar-refractivity contribution in [2.75, 3.05) is 7.05 Å². The molecule has 0 spiro atoms. The van der Waals surface area contributed by atoms with Gasteiger partial charge in [0.25, 0.3) is 0 Å². The van der Waals surface area contributed by atoms with Crippen molar-refractivity contribution >= 4 is 5.91 Å². The summed E-state index contributed by atoms with van der Waals surface area (Å²) in [5.74, 6) is -0.214. The molecule has 58 valence electrons. The van der Waals surface area contributed by atoms with Crippen LogP contribution in [0.1, 0.15) is 13.3 Å². The van der Waals surface area contributed by atoms with Crippen LogP contribution in [0.15, 0.2) is 12.3 Å². The van der Waals surface area contributed by atoms with E-state index in [4.69, 9.17) is 5.11 Å². The summed E-state index contributed by atoms with van der Waals surface area (Å²) in [6.07, 6.45) is 0.333. The molecule has 2 N–H and O–H groups in total. The number of nitrogens with one attached hydrogen (secondary N) is 1. The lowest BCUT2D eigenvalue weighted by Crippen LogP contribution is -2.25. The van der Waals surface area contributed by atoms with Gasteiger partial charge in [-0.1, -0.05) is 13.5 Å². The summed E-state index contributed by atoms with van der Waals surface area (Å²) in [5, 5.41) is 11.2. The summed E-state index contributed by atoms with van der Waals surface area (Å²) >= 11 is 0. The average molecular weight is 143 g/mol. The Bertz CT molecular complexity index is 143. The number of aliphatic hydroxyl groups is 1. The third kappa shape index (κ3) is 3.12. The van der Waals surface area contributed by atoms with Gasteiger partial charge in [0.1, 0.15) is 0 Å². The molecule has 1 unspecified atom stereocenters. The topological polar surface area (TPSA) is 49.3 Å². The van der Waals surface area contributed by atoms with E-state index in [0.29, 0.717) is 6.42 Å². The molecule has 0 saturated heterocycles. The van der Waals surface area contributed by atoms with Crippen LogP contribution in [0.3, 0.4) is 0 Å². The number of allylic oxidation sites excluding steroid dienone is 1. The molecular weight excluding hydrogens is 130 g/mol. The van der Waals surface area contributed by atoms with Gasteiger partial charge < -0.3 is 10.4 Å². The van der Waals surface area contributed by atoms with Gasteiger partial charge in [-0.3, -0.25) is 4.79 Å². The van der Waals surface area contributed by atoms with E-state index in [9.17, 15) is 4.79 Å². The smallest absolute Gasteiger partial charge is 0.223 e. The SMILES string of the molecule is C=C(O)CC(C)C(=O)NC. The predicted octanol–water partition coefficient (Wildman–Crippen LogP) is 0.830. The normalized spacial score (nSPS) is 12.2. The Balaban J connectivity index is 3.72. The van der Waals surface area contributed by atoms with Crippen LogP contribution in [0.2, 0.25) is 0 Å². The second kappa shape index (κ2) is 3.93. The molecule has 0 heterocycles. The molecular formula is C7H13NO2. The summed E-state index contributed by atoms with van der Waals surface area (Å²) in [4.78, 5) is 10.8. The molecule has 0 saturated carbocycles. The van der Waals surface area contributed by atoms with Gasteiger partial charge in [0, 0.05) is 19.4 Å². The Labute approximate surface area is 60.7 Å². The van der Waals surface area contributed by atoms with Crippen molar-refractivity contribution in [1.82, 2.24) is 5.32 Å². The molecule has 1 amide bonds. The van der Waals surface area contributed by atoms with E-state index in [2.05, 4.69) is 11.9 Å². The highest BCUT2D eigenvalue weighted by atomic mass is 16.3. The first-order chi connectivity index (χ1) is 4.57. The summed E-state index contributed by atoms with van der Waals surface area (Å²) < 4.78 is 0. The number of rotatable bonds is 3. The maximum Gasteiger partial charge on any atom is 0.223 e. The highest BCUT2D eigenvalue weighted by molar-refractivity contribution is 5.78. The minimum absolute atomic E-state index is 0.0519. The average Bonchev–Trinajstić information content (AvgIpc) is 1.85. The number of hydrogen-bond donors (Lipinski definition) is 2. The fraction of sp³-hybridized carbons (Fsp3) is 0.571. The largest absolute Gasteiger partial charge is 0.513 e. The van der Waals surface area contributed by atoms with Gasteiger partial charge in [-0.25, -0.2) is 0 Å². The lowest BCUT2D eigenvalue weighted by molar-refractivity contribution is -0.124. The van der Waals surface area contributed by atoms with E-state index in [1.54, 1.807) is 14.0 Å². The summed E-state index contributed by atoms with van der Waals surface area (Å²) in [7, 11) is 1.57. The highest BCUT2D eigenvalue weighted by Gasteiger charge is 2.10. The summed E-state index contributed by atoms with van der Waals surface area (Å²) in [5.41, 5.74) is 0. The van der Waals surface area contributed by atoms with Crippen LogP contribution in [-0.4, -0.2) is 18.1 Å². The molecule has 0 aliphatic carbocycles. The van der Waals surface area contributed by atoms with Gasteiger partial charge in [0.15, 0.2) is 0 Å². The minimum atomic E-state index is -0.192. The van der Waals surface area contributed by atoms with Gasteiger partial charge >= 0.3 is 0 Å². The van der Waals surface area contributed by atoms with E-state index in [0.717, 1.165) is 0 Å². The second-order valence-corrected chi connectivity index (χ2v) is 2.29. The maximum absolute atomic E-state index is 10.8. The molecule has 0 bridgehead atoms. The second-order valence-electron chi connectivity index (χ2n) is 2.29. The Hall–Kier alpha value is -0.990. The van der Waals surface area contributed by atoms with Crippen molar-refractivity contribution in [1.29, 1.82) is 0 Å². The minimum Gasteiger partial charge on any atom is -0.513 e. The molecule has 0 fully saturated rings. The monoisotopic (exact) mass is 143 g/mol. The van der Waals surface area contributed by atoms with Gasteiger partial charge in [-0.15, -0.1) is 0 Å². The van der Waals surface area contributed by atoms with Gasteiger partial charge in [0.2, 0.25) is 5.91 Å². The summed E-state index contributed by atoms with van der Waals surface area (Å²) in [6, 6.07) is 0. The van der Waals surface area contributed by atoms with E-state index >= 15 is 0 Å². The van der Waals surface area contributed by atoms with Crippen LogP contribution in [0.5, 0.6) is 0 Å². The van der Waals surface area contributed by atoms with Crippen molar-refractivity contribution in [2.45, 2.75) is 13.3 Å². The molecule has 3 nitrogen and oxygen atoms in total. The standard InChI is InChI=1S/C7H13NO2/c1-5(4-6(2)9)7(10)8-3/h5,9H,2,4H2,1,3H3,(H,8,10). The number of carbonyl (C=O) groups excluding carboxylic acids is 1. The Kier molecular flexibility index (Phi) is 3.54. The maximum atomic E-state index is 10.8. The molecule has 0 aliphatic heterocycles. The van der Waals surface area contributed by atoms with Crippen LogP contribution in [0, 0.1) is 5.92 Å². The first kappa shape index (κ1) is 9.01. The van der Waals surface area contributed by atoms with E-state index in [-0.39, 0.29) is 17.6 Å². The van der Waals surface area contributed by atoms with Crippen molar-refractivity contribution in [3.63, 3.8) is 0 Å². The molecule has 0 aromatic carbocycles. The quantitative estimate of drug-likeness (QED) is 0.575. The fourth-order valence-electron chi connectivity index (χ4n) is 0.693. The van der Waals surface area contributed by atoms with Crippen LogP contribution in [0.25, 0.3) is 0 Å². The zero-order chi connectivity index (χ0) is 8.15. The third-order valence-corrected chi connectivity index (χ3v) is 1.24. The van der Waals surface area contributed by atoms with Gasteiger partial charge in [-0.05, 0) is 0 Å². The molecule has 0 radical (unpaired) electrons. The number of amides is 1. The molecule has 10 heavy (non-hydrogen) atoms. The Morgan fingerprint density at radius 3 is 2.60 bits per heavy atom. The van der Waals surface area contributed by atoms with Crippen LogP contribution in [0.4, 0.5) is 0 Å². The zero-order valence-corrected chi connectivity index (χ0v) is 6.35. The van der Waals surface area contributed by atoms with Crippen molar-refractivity contribution in [3.8, 4) is 0 Å². The predicted molar refractivity (Wildman–Crippen MR) is 39.6 cm³/mol. The number of hydrogen-bond acceptors (Lipinski definition) is 2. The third-order valence-electron chi connectivity index (χ3n) is 1.24. The highest BCUT2D eigenvalue weighted by Crippen LogP contribution is 2.06. The first-order valence-corrected chi connectivity index (χ1v) is 3.16. The Morgan fingerprint density at radius 2 is 2.30 bits per heavy atom. The molecule has 0 aliphatic rings. The lowest BCUT2D eigenvalue weighted by Gasteiger charge is -2.07. The molecule has 0 aromatic rings. The lowest BCUT2D eigenvalue weighted by atomic mass is 10.1. The molecule has 1 atom stereocenters. The van der Waals surface area contributed by atoms with E-state index in [1.165, 1.54) is 0 Å². The van der Waals surface area contributed by atoms with Crippen LogP contribution < -0.4 is 5.32 Å². The van der Waals surface area contributed by atoms with E-state index in [1.807, 2.05) is 0 Å². The molecule has 3 heteroatoms. The summed E-state index contributed by atoms with van der Waals surface area (Å²) in [6.45, 7) is 5.02. The van der Waals surface area contributed by atoms with Gasteiger partial charge in [0.05, 0.1) is 5.76 Å². The first-order valence-electron chi connectivity index (χ1n) is 3.16. The zero-order valence-electron chi connectivity index (χ0n) is 6.35. The van der Waals surface area contributed by atoms with Crippen LogP contribution >= 0.6 is 0 Å². The van der Waals surface area contributed by atoms with Crippen molar-refractivity contribution in [3.05, 3.63) is 12.3 Å². The van der Waals surface area contributed by atoms with Gasteiger partial charge in [-0.2, -0.15) is 0 Å². The van der Waals surface area contributed by atoms with E-state index < -0.39 is 0 Å². The fourth-order valence-corrected chi connectivity index (χ4v) is 0.693. The van der Waals surface area contributed by atoms with Crippen LogP contribution in [-0.2, 0) is 4.79 Å². The molecule has 0 rings (SSSR count). The van der Waals surface area contributed by atoms with Crippen molar-refractivity contribution < 1.29 is 9.90 Å². The number of carbonyl (C=O) groups is 1. The number of aliphatic hydroxyl groups excluding tert-OH is 1. The van der Waals surface area contributed by atoms with Crippen molar-refractivity contribution in [2.24, 2.45) is 5.92 Å².